The number of ether oxygens (including phenoxy) is 3. The normalized spacial score (nSPS) is 10.8. The minimum atomic E-state index is -1.12. The summed E-state index contributed by atoms with van der Waals surface area (Å²) >= 11 is 1.43. The molecule has 2 aromatic carbocycles. The number of carbonyl (C=O) groups is 1. The van der Waals surface area contributed by atoms with Crippen molar-refractivity contribution in [1.29, 1.82) is 0 Å². The summed E-state index contributed by atoms with van der Waals surface area (Å²) in [5.74, 6) is 0.335. The summed E-state index contributed by atoms with van der Waals surface area (Å²) in [7, 11) is 3.07. The highest BCUT2D eigenvalue weighted by Crippen LogP contribution is 2.45. The highest BCUT2D eigenvalue weighted by atomic mass is 32.1. The largest absolute Gasteiger partial charge is 0.493 e. The first-order valence-electron chi connectivity index (χ1n) is 8.32. The second kappa shape index (κ2) is 7.85. The number of thiophene rings is 1. The van der Waals surface area contributed by atoms with Crippen LogP contribution in [0.1, 0.15) is 22.8 Å². The average Bonchev–Trinajstić information content (AvgIpc) is 3.16. The Morgan fingerprint density at radius 2 is 1.89 bits per heavy atom. The van der Waals surface area contributed by atoms with Gasteiger partial charge < -0.3 is 24.4 Å². The zero-order valence-corrected chi connectivity index (χ0v) is 16.1. The van der Waals surface area contributed by atoms with E-state index in [4.69, 9.17) is 14.2 Å². The van der Waals surface area contributed by atoms with Crippen LogP contribution in [0.4, 0.5) is 0 Å². The Bertz CT molecular complexity index is 992. The molecule has 0 amide bonds. The van der Waals surface area contributed by atoms with Crippen molar-refractivity contribution in [2.45, 2.75) is 13.5 Å². The zero-order chi connectivity index (χ0) is 19.6. The lowest BCUT2D eigenvalue weighted by Gasteiger charge is -2.18. The van der Waals surface area contributed by atoms with E-state index in [1.807, 2.05) is 18.4 Å². The van der Waals surface area contributed by atoms with E-state index in [1.165, 1.54) is 18.4 Å². The molecule has 0 atom stereocenters. The molecular weight excluding hydrogens is 368 g/mol. The Labute approximate surface area is 160 Å². The SMILES string of the molecule is CCOc1c(CO)c(C(=O)O)c(-c2ccc(OC)c(OC)c2)c2sccc12. The number of benzene rings is 2. The molecule has 0 aliphatic rings. The summed E-state index contributed by atoms with van der Waals surface area (Å²) in [5, 5.41) is 22.5. The lowest BCUT2D eigenvalue weighted by molar-refractivity contribution is 0.0693. The third-order valence-electron chi connectivity index (χ3n) is 4.30. The molecule has 0 aliphatic heterocycles. The topological polar surface area (TPSA) is 85.2 Å². The molecule has 0 spiro atoms. The van der Waals surface area contributed by atoms with Crippen molar-refractivity contribution in [3.63, 3.8) is 0 Å². The first-order valence-corrected chi connectivity index (χ1v) is 9.20. The molecule has 3 rings (SSSR count). The van der Waals surface area contributed by atoms with Gasteiger partial charge in [-0.25, -0.2) is 4.79 Å². The van der Waals surface area contributed by atoms with E-state index in [2.05, 4.69) is 0 Å². The second-order valence-corrected chi connectivity index (χ2v) is 6.60. The fraction of sp³-hybridized carbons (Fsp3) is 0.250. The van der Waals surface area contributed by atoms with Crippen LogP contribution in [0, 0.1) is 0 Å². The van der Waals surface area contributed by atoms with E-state index in [9.17, 15) is 15.0 Å². The molecule has 0 bridgehead atoms. The van der Waals surface area contributed by atoms with Gasteiger partial charge in [-0.3, -0.25) is 0 Å². The number of hydrogen-bond donors (Lipinski definition) is 2. The molecule has 0 fully saturated rings. The fourth-order valence-corrected chi connectivity index (χ4v) is 4.15. The van der Waals surface area contributed by atoms with Gasteiger partial charge in [-0.2, -0.15) is 0 Å². The van der Waals surface area contributed by atoms with E-state index >= 15 is 0 Å². The molecule has 27 heavy (non-hydrogen) atoms. The quantitative estimate of drug-likeness (QED) is 0.632. The predicted molar refractivity (Wildman–Crippen MR) is 104 cm³/mol. The van der Waals surface area contributed by atoms with Crippen LogP contribution in [0.25, 0.3) is 21.2 Å². The van der Waals surface area contributed by atoms with Gasteiger partial charge in [0.05, 0.1) is 33.0 Å². The number of hydrogen-bond acceptors (Lipinski definition) is 6. The molecule has 0 unspecified atom stereocenters. The lowest BCUT2D eigenvalue weighted by Crippen LogP contribution is -2.09. The Morgan fingerprint density at radius 3 is 2.48 bits per heavy atom. The Balaban J connectivity index is 2.42. The monoisotopic (exact) mass is 388 g/mol. The van der Waals surface area contributed by atoms with Crippen LogP contribution in [0.5, 0.6) is 17.2 Å². The molecule has 0 saturated carbocycles. The van der Waals surface area contributed by atoms with Crippen LogP contribution < -0.4 is 14.2 Å². The summed E-state index contributed by atoms with van der Waals surface area (Å²) in [6.07, 6.45) is 0. The molecule has 6 nitrogen and oxygen atoms in total. The summed E-state index contributed by atoms with van der Waals surface area (Å²) in [5.41, 5.74) is 1.49. The molecule has 1 heterocycles. The third kappa shape index (κ3) is 3.20. The van der Waals surface area contributed by atoms with Crippen LogP contribution in [0.15, 0.2) is 29.6 Å². The number of aliphatic hydroxyl groups is 1. The Hall–Kier alpha value is -2.77. The van der Waals surface area contributed by atoms with Crippen molar-refractivity contribution in [3.05, 3.63) is 40.8 Å². The summed E-state index contributed by atoms with van der Waals surface area (Å²) < 4.78 is 17.1. The third-order valence-corrected chi connectivity index (χ3v) is 5.23. The molecule has 1 aromatic heterocycles. The molecule has 0 aliphatic carbocycles. The van der Waals surface area contributed by atoms with Gasteiger partial charge in [0, 0.05) is 21.2 Å². The van der Waals surface area contributed by atoms with Crippen LogP contribution in [0.3, 0.4) is 0 Å². The fourth-order valence-electron chi connectivity index (χ4n) is 3.19. The maximum Gasteiger partial charge on any atom is 0.336 e. The first-order chi connectivity index (χ1) is 13.1. The molecule has 3 aromatic rings. The highest BCUT2D eigenvalue weighted by Gasteiger charge is 2.26. The van der Waals surface area contributed by atoms with Gasteiger partial charge in [-0.05, 0) is 36.1 Å². The standard InChI is InChI=1S/C20H20O6S/c1-4-26-18-12-7-8-27-19(12)16(17(20(22)23)13(18)10-21)11-5-6-14(24-2)15(9-11)25-3/h5-9,21H,4,10H2,1-3H3,(H,22,23). The minimum Gasteiger partial charge on any atom is -0.493 e. The number of carboxylic acids is 1. The maximum atomic E-state index is 12.2. The summed E-state index contributed by atoms with van der Waals surface area (Å²) in [6.45, 7) is 1.75. The Kier molecular flexibility index (Phi) is 5.53. The first kappa shape index (κ1) is 19.0. The number of aliphatic hydroxyl groups excluding tert-OH is 1. The number of methoxy groups -OCH3 is 2. The lowest BCUT2D eigenvalue weighted by atomic mass is 9.92. The maximum absolute atomic E-state index is 12.2. The van der Waals surface area contributed by atoms with E-state index in [-0.39, 0.29) is 11.1 Å². The Morgan fingerprint density at radius 1 is 1.15 bits per heavy atom. The average molecular weight is 388 g/mol. The van der Waals surface area contributed by atoms with E-state index in [0.717, 1.165) is 10.1 Å². The molecule has 142 valence electrons. The smallest absolute Gasteiger partial charge is 0.336 e. The number of rotatable bonds is 7. The van der Waals surface area contributed by atoms with Gasteiger partial charge in [0.2, 0.25) is 0 Å². The van der Waals surface area contributed by atoms with Gasteiger partial charge in [-0.15, -0.1) is 11.3 Å². The van der Waals surface area contributed by atoms with Crippen LogP contribution in [0.2, 0.25) is 0 Å². The molecule has 0 radical (unpaired) electrons. The summed E-state index contributed by atoms with van der Waals surface area (Å²) in [6, 6.07) is 7.12. The summed E-state index contributed by atoms with van der Waals surface area (Å²) in [4.78, 5) is 12.2. The van der Waals surface area contributed by atoms with E-state index in [0.29, 0.717) is 35.0 Å². The highest BCUT2D eigenvalue weighted by molar-refractivity contribution is 7.17. The van der Waals surface area contributed by atoms with E-state index in [1.54, 1.807) is 25.3 Å². The van der Waals surface area contributed by atoms with Crippen molar-refractivity contribution in [1.82, 2.24) is 0 Å². The van der Waals surface area contributed by atoms with Crippen molar-refractivity contribution in [2.75, 3.05) is 20.8 Å². The van der Waals surface area contributed by atoms with Crippen molar-refractivity contribution in [3.8, 4) is 28.4 Å². The molecular formula is C20H20O6S. The van der Waals surface area contributed by atoms with Crippen molar-refractivity contribution >= 4 is 27.4 Å². The van der Waals surface area contributed by atoms with Crippen LogP contribution in [-0.4, -0.2) is 37.0 Å². The number of aromatic carboxylic acids is 1. The van der Waals surface area contributed by atoms with Gasteiger partial charge in [-0.1, -0.05) is 6.07 Å². The van der Waals surface area contributed by atoms with Gasteiger partial charge in [0.1, 0.15) is 5.75 Å². The molecule has 7 heteroatoms. The van der Waals surface area contributed by atoms with Gasteiger partial charge >= 0.3 is 5.97 Å². The van der Waals surface area contributed by atoms with Gasteiger partial charge in [0.25, 0.3) is 0 Å². The predicted octanol–water partition coefficient (Wildman–Crippen LogP) is 4.17. The molecule has 0 saturated heterocycles. The zero-order valence-electron chi connectivity index (χ0n) is 15.2. The number of fused-ring (bicyclic) bond motifs is 1. The van der Waals surface area contributed by atoms with Crippen LogP contribution >= 0.6 is 11.3 Å². The second-order valence-electron chi connectivity index (χ2n) is 5.69. The van der Waals surface area contributed by atoms with E-state index < -0.39 is 12.6 Å². The minimum absolute atomic E-state index is 0.0307. The van der Waals surface area contributed by atoms with Crippen molar-refractivity contribution in [2.24, 2.45) is 0 Å². The molecule has 2 N–H and O–H groups in total. The van der Waals surface area contributed by atoms with Crippen LogP contribution in [-0.2, 0) is 6.61 Å². The van der Waals surface area contributed by atoms with Crippen molar-refractivity contribution < 1.29 is 29.2 Å². The number of carboxylic acid groups (broad SMARTS) is 1. The van der Waals surface area contributed by atoms with Gasteiger partial charge in [0.15, 0.2) is 11.5 Å².